The van der Waals surface area contributed by atoms with Crippen molar-refractivity contribution in [2.45, 2.75) is 58.2 Å². The van der Waals surface area contributed by atoms with E-state index in [4.69, 9.17) is 19.2 Å². The smallest absolute Gasteiger partial charge is 0.193 e. The molecule has 0 aliphatic carbocycles. The molecule has 2 aliphatic heterocycles. The molecule has 0 radical (unpaired) electrons. The van der Waals surface area contributed by atoms with E-state index in [1.165, 1.54) is 12.0 Å². The summed E-state index contributed by atoms with van der Waals surface area (Å²) in [5.74, 6) is 1.97. The molecule has 0 saturated carbocycles. The second-order valence-electron chi connectivity index (χ2n) is 7.94. The number of rotatable bonds is 8. The van der Waals surface area contributed by atoms with E-state index in [0.717, 1.165) is 82.3 Å². The molecule has 1 unspecified atom stereocenters. The Morgan fingerprint density at radius 1 is 1.27 bits per heavy atom. The van der Waals surface area contributed by atoms with E-state index in [9.17, 15) is 0 Å². The number of nitrogens with one attached hydrogen (secondary N) is 1. The average molecular weight is 531 g/mol. The normalized spacial score (nSPS) is 20.2. The van der Waals surface area contributed by atoms with Crippen LogP contribution in [-0.4, -0.2) is 69.6 Å². The largest absolute Gasteiger partial charge is 0.496 e. The number of ether oxygens (including phenoxy) is 3. The predicted octanol–water partition coefficient (Wildman–Crippen LogP) is 3.79. The predicted molar refractivity (Wildman–Crippen MR) is 132 cm³/mol. The van der Waals surface area contributed by atoms with E-state index in [0.29, 0.717) is 12.2 Å². The number of piperidine rings is 1. The Labute approximate surface area is 198 Å². The molecule has 2 heterocycles. The van der Waals surface area contributed by atoms with Crippen molar-refractivity contribution >= 4 is 29.9 Å². The lowest BCUT2D eigenvalue weighted by Gasteiger charge is -2.34. The number of methoxy groups -OCH3 is 1. The van der Waals surface area contributed by atoms with Crippen molar-refractivity contribution < 1.29 is 14.2 Å². The van der Waals surface area contributed by atoms with Crippen molar-refractivity contribution in [2.75, 3.05) is 46.5 Å². The lowest BCUT2D eigenvalue weighted by Crippen LogP contribution is -2.47. The Morgan fingerprint density at radius 2 is 2.07 bits per heavy atom. The van der Waals surface area contributed by atoms with Crippen LogP contribution in [0.15, 0.2) is 23.2 Å². The topological polar surface area (TPSA) is 55.3 Å². The van der Waals surface area contributed by atoms with Crippen LogP contribution < -0.4 is 10.1 Å². The molecule has 0 aromatic heterocycles. The molecule has 0 amide bonds. The minimum atomic E-state index is 0. The summed E-state index contributed by atoms with van der Waals surface area (Å²) in [5, 5.41) is 3.45. The first-order valence-corrected chi connectivity index (χ1v) is 11.1. The number of nitrogens with zero attached hydrogens (tertiary/aromatic N) is 2. The lowest BCUT2D eigenvalue weighted by molar-refractivity contribution is -0.0367. The summed E-state index contributed by atoms with van der Waals surface area (Å²) in [6.07, 6.45) is 5.98. The molecule has 6 nitrogen and oxygen atoms in total. The van der Waals surface area contributed by atoms with Gasteiger partial charge in [-0.05, 0) is 63.1 Å². The number of hydrogen-bond acceptors (Lipinski definition) is 4. The van der Waals surface area contributed by atoms with Gasteiger partial charge in [0.25, 0.3) is 0 Å². The maximum absolute atomic E-state index is 6.10. The van der Waals surface area contributed by atoms with Crippen LogP contribution in [0.25, 0.3) is 0 Å². The summed E-state index contributed by atoms with van der Waals surface area (Å²) in [6, 6.07) is 6.40. The number of hydrogen-bond donors (Lipinski definition) is 1. The maximum atomic E-state index is 6.10. The number of aliphatic imine (C=N–C) groups is 1. The average Bonchev–Trinajstić information content (AvgIpc) is 3.27. The molecular formula is C23H38IN3O3. The molecule has 2 saturated heterocycles. The Balaban J connectivity index is 0.00000320. The number of guanidine groups is 1. The second kappa shape index (κ2) is 13.4. The van der Waals surface area contributed by atoms with Crippen LogP contribution in [0.2, 0.25) is 0 Å². The van der Waals surface area contributed by atoms with Gasteiger partial charge in [0.2, 0.25) is 0 Å². The van der Waals surface area contributed by atoms with Crippen molar-refractivity contribution in [1.29, 1.82) is 0 Å². The quantitative estimate of drug-likeness (QED) is 0.315. The Kier molecular flexibility index (Phi) is 11.2. The third-order valence-electron chi connectivity index (χ3n) is 5.75. The zero-order chi connectivity index (χ0) is 20.5. The lowest BCUT2D eigenvalue weighted by atomic mass is 10.1. The highest BCUT2D eigenvalue weighted by Crippen LogP contribution is 2.20. The third-order valence-corrected chi connectivity index (χ3v) is 5.75. The van der Waals surface area contributed by atoms with Crippen LogP contribution in [-0.2, 0) is 15.9 Å². The van der Waals surface area contributed by atoms with E-state index in [-0.39, 0.29) is 24.0 Å². The van der Waals surface area contributed by atoms with Crippen LogP contribution in [0.4, 0.5) is 0 Å². The molecule has 30 heavy (non-hydrogen) atoms. The molecule has 2 aliphatic rings. The van der Waals surface area contributed by atoms with Gasteiger partial charge in [-0.2, -0.15) is 0 Å². The summed E-state index contributed by atoms with van der Waals surface area (Å²) in [7, 11) is 1.72. The van der Waals surface area contributed by atoms with Crippen LogP contribution in [0, 0.1) is 6.92 Å². The number of halogens is 1. The Hall–Kier alpha value is -1.06. The van der Waals surface area contributed by atoms with E-state index in [1.807, 2.05) is 0 Å². The molecule has 0 spiro atoms. The van der Waals surface area contributed by atoms with Gasteiger partial charge in [-0.3, -0.25) is 4.99 Å². The van der Waals surface area contributed by atoms with Gasteiger partial charge in [0, 0.05) is 32.8 Å². The van der Waals surface area contributed by atoms with Gasteiger partial charge in [-0.1, -0.05) is 12.1 Å². The number of aryl methyl sites for hydroxylation is 1. The Morgan fingerprint density at radius 3 is 2.73 bits per heavy atom. The molecule has 1 aromatic rings. The maximum Gasteiger partial charge on any atom is 0.193 e. The third kappa shape index (κ3) is 7.57. The van der Waals surface area contributed by atoms with E-state index in [2.05, 4.69) is 42.3 Å². The van der Waals surface area contributed by atoms with Gasteiger partial charge in [-0.25, -0.2) is 0 Å². The summed E-state index contributed by atoms with van der Waals surface area (Å²) < 4.78 is 17.2. The highest BCUT2D eigenvalue weighted by Gasteiger charge is 2.24. The van der Waals surface area contributed by atoms with Crippen molar-refractivity contribution in [3.8, 4) is 5.75 Å². The highest BCUT2D eigenvalue weighted by molar-refractivity contribution is 14.0. The van der Waals surface area contributed by atoms with Crippen LogP contribution in [0.3, 0.4) is 0 Å². The van der Waals surface area contributed by atoms with Crippen LogP contribution in [0.5, 0.6) is 5.75 Å². The van der Waals surface area contributed by atoms with Crippen molar-refractivity contribution in [2.24, 2.45) is 4.99 Å². The first-order valence-electron chi connectivity index (χ1n) is 11.1. The molecule has 7 heteroatoms. The molecule has 2 fully saturated rings. The fourth-order valence-corrected chi connectivity index (χ4v) is 3.99. The second-order valence-corrected chi connectivity index (χ2v) is 7.94. The van der Waals surface area contributed by atoms with Gasteiger partial charge >= 0.3 is 0 Å². The van der Waals surface area contributed by atoms with Gasteiger partial charge in [0.15, 0.2) is 5.96 Å². The molecule has 1 aromatic carbocycles. The van der Waals surface area contributed by atoms with E-state index in [1.54, 1.807) is 7.11 Å². The van der Waals surface area contributed by atoms with Gasteiger partial charge in [-0.15, -0.1) is 24.0 Å². The minimum Gasteiger partial charge on any atom is -0.496 e. The van der Waals surface area contributed by atoms with Gasteiger partial charge in [0.05, 0.1) is 25.9 Å². The first kappa shape index (κ1) is 25.2. The van der Waals surface area contributed by atoms with Crippen LogP contribution >= 0.6 is 24.0 Å². The monoisotopic (exact) mass is 531 g/mol. The molecule has 1 atom stereocenters. The molecule has 170 valence electrons. The van der Waals surface area contributed by atoms with Crippen molar-refractivity contribution in [3.63, 3.8) is 0 Å². The highest BCUT2D eigenvalue weighted by atomic mass is 127. The Bertz CT molecular complexity index is 657. The van der Waals surface area contributed by atoms with E-state index >= 15 is 0 Å². The fraction of sp³-hybridized carbons (Fsp3) is 0.696. The molecular weight excluding hydrogens is 493 g/mol. The number of benzene rings is 1. The molecule has 3 rings (SSSR count). The summed E-state index contributed by atoms with van der Waals surface area (Å²) in [5.41, 5.74) is 2.42. The summed E-state index contributed by atoms with van der Waals surface area (Å²) in [4.78, 5) is 7.24. The van der Waals surface area contributed by atoms with E-state index < -0.39 is 0 Å². The fourth-order valence-electron chi connectivity index (χ4n) is 3.99. The zero-order valence-electron chi connectivity index (χ0n) is 18.7. The van der Waals surface area contributed by atoms with Gasteiger partial charge < -0.3 is 24.4 Å². The van der Waals surface area contributed by atoms with Gasteiger partial charge in [0.1, 0.15) is 5.75 Å². The standard InChI is InChI=1S/C23H37N3O3.HI/c1-4-24-23(25-12-9-19-8-7-18(2)22(16-19)27-3)26-13-10-20(11-14-26)29-17-21-6-5-15-28-21;/h7-8,16,20-21H,4-6,9-15,17H2,1-3H3,(H,24,25);1H. The molecule has 0 bridgehead atoms. The van der Waals surface area contributed by atoms with Crippen molar-refractivity contribution in [1.82, 2.24) is 10.2 Å². The zero-order valence-corrected chi connectivity index (χ0v) is 21.0. The van der Waals surface area contributed by atoms with Crippen molar-refractivity contribution in [3.05, 3.63) is 29.3 Å². The number of likely N-dealkylation sites (tertiary alicyclic amines) is 1. The summed E-state index contributed by atoms with van der Waals surface area (Å²) in [6.45, 7) is 9.45. The minimum absolute atomic E-state index is 0. The first-order chi connectivity index (χ1) is 14.2. The SMILES string of the molecule is CCNC(=NCCc1ccc(C)c(OC)c1)N1CCC(OCC2CCCO2)CC1.I. The summed E-state index contributed by atoms with van der Waals surface area (Å²) >= 11 is 0. The van der Waals surface area contributed by atoms with Crippen LogP contribution in [0.1, 0.15) is 43.7 Å². The molecule has 1 N–H and O–H groups in total.